The van der Waals surface area contributed by atoms with Crippen molar-refractivity contribution in [3.05, 3.63) is 24.3 Å². The topological polar surface area (TPSA) is 117 Å². The van der Waals surface area contributed by atoms with E-state index in [1.807, 2.05) is 13.8 Å². The van der Waals surface area contributed by atoms with Crippen molar-refractivity contribution in [2.45, 2.75) is 20.8 Å². The van der Waals surface area contributed by atoms with Gasteiger partial charge in [-0.3, -0.25) is 9.59 Å². The van der Waals surface area contributed by atoms with Crippen LogP contribution in [0.5, 0.6) is 0 Å². The van der Waals surface area contributed by atoms with Gasteiger partial charge in [0.1, 0.15) is 5.92 Å². The third-order valence-electron chi connectivity index (χ3n) is 2.86. The van der Waals surface area contributed by atoms with Gasteiger partial charge in [-0.05, 0) is 30.2 Å². The van der Waals surface area contributed by atoms with Gasteiger partial charge in [-0.2, -0.15) is 0 Å². The highest BCUT2D eigenvalue weighted by Crippen LogP contribution is 2.17. The number of carbonyl (C=O) groups is 2. The number of nitrogens with zero attached hydrogens (tertiary/aromatic N) is 1. The number of hydrogen-bond acceptors (Lipinski definition) is 4. The predicted molar refractivity (Wildman–Crippen MR) is 81.1 cm³/mol. The summed E-state index contributed by atoms with van der Waals surface area (Å²) in [4.78, 5) is 23.1. The molecule has 5 N–H and O–H groups in total. The third kappa shape index (κ3) is 4.79. The Hall–Kier alpha value is -2.57. The first kappa shape index (κ1) is 16.5. The number of benzene rings is 1. The zero-order valence-corrected chi connectivity index (χ0v) is 12.3. The lowest BCUT2D eigenvalue weighted by Crippen LogP contribution is -2.38. The predicted octanol–water partition coefficient (Wildman–Crippen LogP) is 1.60. The molecule has 114 valence electrons. The summed E-state index contributed by atoms with van der Waals surface area (Å²) >= 11 is 0. The summed E-state index contributed by atoms with van der Waals surface area (Å²) in [5.41, 5.74) is 6.74. The number of amidine groups is 1. The minimum atomic E-state index is -0.718. The van der Waals surface area contributed by atoms with Gasteiger partial charge >= 0.3 is 0 Å². The molecule has 0 aliphatic heterocycles. The van der Waals surface area contributed by atoms with Gasteiger partial charge in [-0.15, -0.1) is 0 Å². The second-order valence-electron chi connectivity index (χ2n) is 4.99. The third-order valence-corrected chi connectivity index (χ3v) is 2.86. The summed E-state index contributed by atoms with van der Waals surface area (Å²) < 4.78 is 0. The molecule has 0 saturated heterocycles. The molecule has 0 saturated carbocycles. The van der Waals surface area contributed by atoms with E-state index in [-0.39, 0.29) is 23.6 Å². The molecule has 0 radical (unpaired) electrons. The molecule has 0 spiro atoms. The van der Waals surface area contributed by atoms with E-state index in [0.717, 1.165) is 0 Å². The molecule has 1 aromatic rings. The highest BCUT2D eigenvalue weighted by molar-refractivity contribution is 6.08. The van der Waals surface area contributed by atoms with Crippen LogP contribution in [0.25, 0.3) is 0 Å². The van der Waals surface area contributed by atoms with E-state index in [4.69, 9.17) is 10.9 Å². The van der Waals surface area contributed by atoms with E-state index in [0.29, 0.717) is 11.4 Å². The molecule has 1 aromatic carbocycles. The molecule has 0 fully saturated rings. The van der Waals surface area contributed by atoms with Gasteiger partial charge in [0.15, 0.2) is 5.84 Å². The van der Waals surface area contributed by atoms with Crippen molar-refractivity contribution in [3.8, 4) is 0 Å². The molecule has 1 rings (SSSR count). The first-order chi connectivity index (χ1) is 9.85. The fraction of sp³-hybridized carbons (Fsp3) is 0.357. The lowest BCUT2D eigenvalue weighted by Gasteiger charge is -2.18. The van der Waals surface area contributed by atoms with Crippen molar-refractivity contribution in [2.24, 2.45) is 22.7 Å². The van der Waals surface area contributed by atoms with Crippen LogP contribution in [-0.4, -0.2) is 22.9 Å². The Labute approximate surface area is 123 Å². The summed E-state index contributed by atoms with van der Waals surface area (Å²) in [5.74, 6) is -1.48. The van der Waals surface area contributed by atoms with Crippen LogP contribution >= 0.6 is 0 Å². The molecule has 0 aliphatic rings. The maximum Gasteiger partial charge on any atom is 0.235 e. The van der Waals surface area contributed by atoms with Gasteiger partial charge in [0.2, 0.25) is 11.8 Å². The Kier molecular flexibility index (Phi) is 5.71. The van der Waals surface area contributed by atoms with Gasteiger partial charge in [0.05, 0.1) is 0 Å². The number of anilines is 2. The van der Waals surface area contributed by atoms with Crippen molar-refractivity contribution >= 4 is 29.0 Å². The number of nitrogens with two attached hydrogens (primary N) is 1. The number of amides is 2. The second kappa shape index (κ2) is 7.28. The summed E-state index contributed by atoms with van der Waals surface area (Å²) in [7, 11) is 0. The largest absolute Gasteiger partial charge is 0.409 e. The molecule has 0 aliphatic carbocycles. The zero-order valence-electron chi connectivity index (χ0n) is 12.3. The van der Waals surface area contributed by atoms with E-state index in [1.165, 1.54) is 6.92 Å². The number of rotatable bonds is 5. The molecular weight excluding hydrogens is 272 g/mol. The molecule has 7 nitrogen and oxygen atoms in total. The van der Waals surface area contributed by atoms with Crippen LogP contribution < -0.4 is 16.4 Å². The van der Waals surface area contributed by atoms with Gasteiger partial charge in [0.25, 0.3) is 0 Å². The quantitative estimate of drug-likeness (QED) is 0.285. The molecule has 21 heavy (non-hydrogen) atoms. The van der Waals surface area contributed by atoms with E-state index in [1.54, 1.807) is 24.3 Å². The zero-order chi connectivity index (χ0) is 16.0. The molecule has 1 unspecified atom stereocenters. The van der Waals surface area contributed by atoms with Crippen LogP contribution in [0.2, 0.25) is 0 Å². The number of hydrogen-bond donors (Lipinski definition) is 4. The standard InChI is InChI=1S/C14H20N4O3/c1-8(2)12(13(15)18-21)14(20)17-11-6-4-10(5-7-11)16-9(3)19/h4-8,12,21H,1-3H3,(H2,15,18)(H,16,19)(H,17,20). The number of nitrogens with one attached hydrogen (secondary N) is 2. The van der Waals surface area contributed by atoms with Crippen molar-refractivity contribution in [1.82, 2.24) is 0 Å². The van der Waals surface area contributed by atoms with Gasteiger partial charge in [-0.1, -0.05) is 19.0 Å². The number of carbonyl (C=O) groups excluding carboxylic acids is 2. The lowest BCUT2D eigenvalue weighted by atomic mass is 9.94. The Morgan fingerprint density at radius 2 is 1.62 bits per heavy atom. The van der Waals surface area contributed by atoms with Gasteiger partial charge < -0.3 is 21.6 Å². The Bertz CT molecular complexity index is 538. The highest BCUT2D eigenvalue weighted by atomic mass is 16.4. The Balaban J connectivity index is 2.80. The summed E-state index contributed by atoms with van der Waals surface area (Å²) in [6, 6.07) is 6.66. The molecule has 0 heterocycles. The SMILES string of the molecule is CC(=O)Nc1ccc(NC(=O)C(C(N)=NO)C(C)C)cc1. The molecule has 0 aromatic heterocycles. The summed E-state index contributed by atoms with van der Waals surface area (Å²) in [5, 5.41) is 17.0. The van der Waals surface area contributed by atoms with E-state index in [2.05, 4.69) is 15.8 Å². The number of oxime groups is 1. The van der Waals surface area contributed by atoms with Crippen molar-refractivity contribution < 1.29 is 14.8 Å². The van der Waals surface area contributed by atoms with E-state index in [9.17, 15) is 9.59 Å². The average Bonchev–Trinajstić information content (AvgIpc) is 2.39. The highest BCUT2D eigenvalue weighted by Gasteiger charge is 2.26. The molecule has 0 bridgehead atoms. The first-order valence-electron chi connectivity index (χ1n) is 6.51. The van der Waals surface area contributed by atoms with Crippen LogP contribution in [0.3, 0.4) is 0 Å². The van der Waals surface area contributed by atoms with Gasteiger partial charge in [0, 0.05) is 18.3 Å². The van der Waals surface area contributed by atoms with E-state index < -0.39 is 5.92 Å². The minimum absolute atomic E-state index is 0.112. The summed E-state index contributed by atoms with van der Waals surface area (Å²) in [6.45, 7) is 5.03. The fourth-order valence-electron chi connectivity index (χ4n) is 1.90. The molecular formula is C14H20N4O3. The van der Waals surface area contributed by atoms with Crippen LogP contribution in [0.4, 0.5) is 11.4 Å². The fourth-order valence-corrected chi connectivity index (χ4v) is 1.90. The van der Waals surface area contributed by atoms with Crippen molar-refractivity contribution in [2.75, 3.05) is 10.6 Å². The Morgan fingerprint density at radius 1 is 1.14 bits per heavy atom. The van der Waals surface area contributed by atoms with Crippen LogP contribution in [-0.2, 0) is 9.59 Å². The van der Waals surface area contributed by atoms with Crippen molar-refractivity contribution in [1.29, 1.82) is 0 Å². The average molecular weight is 292 g/mol. The van der Waals surface area contributed by atoms with Crippen LogP contribution in [0, 0.1) is 11.8 Å². The second-order valence-corrected chi connectivity index (χ2v) is 4.99. The van der Waals surface area contributed by atoms with Crippen LogP contribution in [0.1, 0.15) is 20.8 Å². The molecule has 1 atom stereocenters. The molecule has 7 heteroatoms. The monoisotopic (exact) mass is 292 g/mol. The maximum absolute atomic E-state index is 12.2. The van der Waals surface area contributed by atoms with Crippen molar-refractivity contribution in [3.63, 3.8) is 0 Å². The van der Waals surface area contributed by atoms with Crippen LogP contribution in [0.15, 0.2) is 29.4 Å². The summed E-state index contributed by atoms with van der Waals surface area (Å²) in [6.07, 6.45) is 0. The minimum Gasteiger partial charge on any atom is -0.409 e. The maximum atomic E-state index is 12.2. The normalized spacial score (nSPS) is 12.9. The lowest BCUT2D eigenvalue weighted by molar-refractivity contribution is -0.119. The smallest absolute Gasteiger partial charge is 0.235 e. The molecule has 2 amide bonds. The first-order valence-corrected chi connectivity index (χ1v) is 6.51. The Morgan fingerprint density at radius 3 is 2.00 bits per heavy atom. The van der Waals surface area contributed by atoms with Gasteiger partial charge in [-0.25, -0.2) is 0 Å². The van der Waals surface area contributed by atoms with E-state index >= 15 is 0 Å².